The second-order valence-electron chi connectivity index (χ2n) is 5.81. The highest BCUT2D eigenvalue weighted by Crippen LogP contribution is 2.31. The topological polar surface area (TPSA) is 58.3 Å². The molecule has 1 aliphatic rings. The highest BCUT2D eigenvalue weighted by molar-refractivity contribution is 5.20. The zero-order valence-electron chi connectivity index (χ0n) is 11.6. The van der Waals surface area contributed by atoms with Gasteiger partial charge in [0.2, 0.25) is 0 Å². The number of rotatable bonds is 4. The lowest BCUT2D eigenvalue weighted by Crippen LogP contribution is -2.43. The Morgan fingerprint density at radius 2 is 2.06 bits per heavy atom. The molecule has 1 aliphatic carbocycles. The standard InChI is InChI=1S/C14H24N2O2/c1-10-4-6-14(17,7-5-10)9-15-8-13-11(2)16-18-12(13)3/h10,15,17H,4-9H2,1-3H3. The first kappa shape index (κ1) is 13.6. The molecule has 4 heteroatoms. The van der Waals surface area contributed by atoms with Gasteiger partial charge in [-0.1, -0.05) is 12.1 Å². The van der Waals surface area contributed by atoms with Gasteiger partial charge in [0, 0.05) is 18.7 Å². The summed E-state index contributed by atoms with van der Waals surface area (Å²) in [5.74, 6) is 1.62. The van der Waals surface area contributed by atoms with Crippen LogP contribution in [0.1, 0.15) is 49.6 Å². The van der Waals surface area contributed by atoms with Crippen LogP contribution in [-0.2, 0) is 6.54 Å². The molecule has 2 rings (SSSR count). The molecule has 1 saturated carbocycles. The molecule has 0 aromatic carbocycles. The van der Waals surface area contributed by atoms with Crippen molar-refractivity contribution in [2.24, 2.45) is 5.92 Å². The van der Waals surface area contributed by atoms with Gasteiger partial charge in [0.25, 0.3) is 0 Å². The minimum absolute atomic E-state index is 0.522. The molecule has 1 aromatic rings. The molecule has 4 nitrogen and oxygen atoms in total. The van der Waals surface area contributed by atoms with Gasteiger partial charge in [-0.15, -0.1) is 0 Å². The van der Waals surface area contributed by atoms with E-state index in [1.807, 2.05) is 13.8 Å². The first-order valence-electron chi connectivity index (χ1n) is 6.85. The first-order chi connectivity index (χ1) is 8.50. The Bertz CT molecular complexity index is 373. The number of aliphatic hydroxyl groups is 1. The van der Waals surface area contributed by atoms with Crippen LogP contribution in [0.2, 0.25) is 0 Å². The number of nitrogens with zero attached hydrogens (tertiary/aromatic N) is 1. The molecule has 102 valence electrons. The van der Waals surface area contributed by atoms with E-state index in [-0.39, 0.29) is 0 Å². The number of aryl methyl sites for hydroxylation is 2. The summed E-state index contributed by atoms with van der Waals surface area (Å²) in [4.78, 5) is 0. The van der Waals surface area contributed by atoms with E-state index in [0.29, 0.717) is 6.54 Å². The van der Waals surface area contributed by atoms with Gasteiger partial charge in [0.1, 0.15) is 5.76 Å². The van der Waals surface area contributed by atoms with Crippen LogP contribution in [0, 0.1) is 19.8 Å². The van der Waals surface area contributed by atoms with Crippen LogP contribution in [-0.4, -0.2) is 22.4 Å². The molecule has 0 amide bonds. The SMILES string of the molecule is Cc1noc(C)c1CNCC1(O)CCC(C)CC1. The number of aromatic nitrogens is 1. The molecule has 1 aromatic heterocycles. The summed E-state index contributed by atoms with van der Waals surface area (Å²) in [5.41, 5.74) is 1.53. The third kappa shape index (κ3) is 3.12. The normalized spacial score (nSPS) is 28.6. The van der Waals surface area contributed by atoms with Crippen LogP contribution < -0.4 is 5.32 Å². The molecule has 0 saturated heterocycles. The fourth-order valence-corrected chi connectivity index (χ4v) is 2.65. The fourth-order valence-electron chi connectivity index (χ4n) is 2.65. The summed E-state index contributed by atoms with van der Waals surface area (Å²) in [6.45, 7) is 7.51. The molecule has 0 aliphatic heterocycles. The third-order valence-electron chi connectivity index (χ3n) is 4.14. The monoisotopic (exact) mass is 252 g/mol. The summed E-state index contributed by atoms with van der Waals surface area (Å²) in [7, 11) is 0. The Morgan fingerprint density at radius 3 is 2.61 bits per heavy atom. The van der Waals surface area contributed by atoms with E-state index >= 15 is 0 Å². The summed E-state index contributed by atoms with van der Waals surface area (Å²) in [6.07, 6.45) is 4.07. The van der Waals surface area contributed by atoms with Gasteiger partial charge >= 0.3 is 0 Å². The van der Waals surface area contributed by atoms with Crippen LogP contribution in [0.3, 0.4) is 0 Å². The zero-order valence-corrected chi connectivity index (χ0v) is 11.6. The smallest absolute Gasteiger partial charge is 0.138 e. The Labute approximate surface area is 109 Å². The molecule has 1 heterocycles. The quantitative estimate of drug-likeness (QED) is 0.863. The number of hydrogen-bond acceptors (Lipinski definition) is 4. The van der Waals surface area contributed by atoms with E-state index in [9.17, 15) is 5.11 Å². The number of hydrogen-bond donors (Lipinski definition) is 2. The van der Waals surface area contributed by atoms with Crippen molar-refractivity contribution in [3.05, 3.63) is 17.0 Å². The summed E-state index contributed by atoms with van der Waals surface area (Å²) in [6, 6.07) is 0. The largest absolute Gasteiger partial charge is 0.389 e. The summed E-state index contributed by atoms with van der Waals surface area (Å²) < 4.78 is 5.12. The highest BCUT2D eigenvalue weighted by Gasteiger charge is 2.31. The van der Waals surface area contributed by atoms with Crippen LogP contribution in [0.5, 0.6) is 0 Å². The van der Waals surface area contributed by atoms with Crippen molar-refractivity contribution in [3.8, 4) is 0 Å². The van der Waals surface area contributed by atoms with Gasteiger partial charge in [-0.3, -0.25) is 0 Å². The Balaban J connectivity index is 1.82. The lowest BCUT2D eigenvalue weighted by atomic mass is 9.79. The van der Waals surface area contributed by atoms with Gasteiger partial charge in [-0.2, -0.15) is 0 Å². The Morgan fingerprint density at radius 1 is 1.39 bits per heavy atom. The van der Waals surface area contributed by atoms with Crippen LogP contribution in [0.25, 0.3) is 0 Å². The summed E-state index contributed by atoms with van der Waals surface area (Å²) >= 11 is 0. The molecule has 0 radical (unpaired) electrons. The Hall–Kier alpha value is -0.870. The molecular weight excluding hydrogens is 228 g/mol. The van der Waals surface area contributed by atoms with E-state index in [2.05, 4.69) is 17.4 Å². The maximum Gasteiger partial charge on any atom is 0.138 e. The predicted molar refractivity (Wildman–Crippen MR) is 70.3 cm³/mol. The third-order valence-corrected chi connectivity index (χ3v) is 4.14. The van der Waals surface area contributed by atoms with Crippen molar-refractivity contribution < 1.29 is 9.63 Å². The average molecular weight is 252 g/mol. The van der Waals surface area contributed by atoms with Crippen molar-refractivity contribution >= 4 is 0 Å². The van der Waals surface area contributed by atoms with E-state index in [1.54, 1.807) is 0 Å². The lowest BCUT2D eigenvalue weighted by Gasteiger charge is -2.35. The van der Waals surface area contributed by atoms with Gasteiger partial charge in [-0.25, -0.2) is 0 Å². The maximum atomic E-state index is 10.5. The van der Waals surface area contributed by atoms with Crippen molar-refractivity contribution in [1.82, 2.24) is 10.5 Å². The van der Waals surface area contributed by atoms with Crippen molar-refractivity contribution in [3.63, 3.8) is 0 Å². The highest BCUT2D eigenvalue weighted by atomic mass is 16.5. The molecule has 0 unspecified atom stereocenters. The van der Waals surface area contributed by atoms with E-state index in [1.165, 1.54) is 0 Å². The molecule has 0 spiro atoms. The van der Waals surface area contributed by atoms with Crippen molar-refractivity contribution in [2.45, 2.75) is 58.6 Å². The van der Waals surface area contributed by atoms with E-state index in [0.717, 1.165) is 55.2 Å². The Kier molecular flexibility index (Phi) is 4.07. The second kappa shape index (κ2) is 5.41. The molecule has 0 atom stereocenters. The fraction of sp³-hybridized carbons (Fsp3) is 0.786. The average Bonchev–Trinajstić information content (AvgIpc) is 2.65. The first-order valence-corrected chi connectivity index (χ1v) is 6.85. The summed E-state index contributed by atoms with van der Waals surface area (Å²) in [5, 5.41) is 17.7. The van der Waals surface area contributed by atoms with Crippen LogP contribution in [0.15, 0.2) is 4.52 Å². The lowest BCUT2D eigenvalue weighted by molar-refractivity contribution is -0.00633. The maximum absolute atomic E-state index is 10.5. The van der Waals surface area contributed by atoms with Gasteiger partial charge < -0.3 is 14.9 Å². The molecular formula is C14H24N2O2. The molecule has 1 fully saturated rings. The van der Waals surface area contributed by atoms with Crippen LogP contribution in [0.4, 0.5) is 0 Å². The van der Waals surface area contributed by atoms with Gasteiger partial charge in [0.15, 0.2) is 0 Å². The van der Waals surface area contributed by atoms with Gasteiger partial charge in [0.05, 0.1) is 11.3 Å². The van der Waals surface area contributed by atoms with Crippen LogP contribution >= 0.6 is 0 Å². The minimum atomic E-state index is -0.522. The molecule has 18 heavy (non-hydrogen) atoms. The molecule has 2 N–H and O–H groups in total. The molecule has 0 bridgehead atoms. The zero-order chi connectivity index (χ0) is 13.2. The van der Waals surface area contributed by atoms with E-state index < -0.39 is 5.60 Å². The van der Waals surface area contributed by atoms with Crippen molar-refractivity contribution in [2.75, 3.05) is 6.54 Å². The second-order valence-corrected chi connectivity index (χ2v) is 5.81. The minimum Gasteiger partial charge on any atom is -0.389 e. The van der Waals surface area contributed by atoms with E-state index in [4.69, 9.17) is 4.52 Å². The van der Waals surface area contributed by atoms with Crippen molar-refractivity contribution in [1.29, 1.82) is 0 Å². The predicted octanol–water partition coefficient (Wildman–Crippen LogP) is 2.32. The van der Waals surface area contributed by atoms with Gasteiger partial charge in [-0.05, 0) is 45.4 Å². The number of nitrogens with one attached hydrogen (secondary N) is 1.